The lowest BCUT2D eigenvalue weighted by Gasteiger charge is -2.12. The monoisotopic (exact) mass is 307 g/mol. The summed E-state index contributed by atoms with van der Waals surface area (Å²) in [5, 5.41) is 12.3. The minimum atomic E-state index is -0.756. The van der Waals surface area contributed by atoms with Gasteiger partial charge in [-0.25, -0.2) is 0 Å². The van der Waals surface area contributed by atoms with E-state index in [-0.39, 0.29) is 5.37 Å². The fraction of sp³-hybridized carbons (Fsp3) is 0.588. The average molecular weight is 307 g/mol. The topological polar surface area (TPSA) is 49.3 Å². The molecule has 0 aromatic heterocycles. The largest absolute Gasteiger partial charge is 0.480 e. The fourth-order valence-electron chi connectivity index (χ4n) is 2.60. The molecule has 116 valence electrons. The van der Waals surface area contributed by atoms with Crippen molar-refractivity contribution in [3.05, 3.63) is 35.4 Å². The summed E-state index contributed by atoms with van der Waals surface area (Å²) in [5.74, 6) is -0.118. The molecule has 1 aliphatic rings. The zero-order chi connectivity index (χ0) is 15.1. The first-order valence-corrected chi connectivity index (χ1v) is 8.95. The number of rotatable bonds is 8. The molecule has 3 nitrogen and oxygen atoms in total. The van der Waals surface area contributed by atoms with Gasteiger partial charge in [-0.1, -0.05) is 56.9 Å². The zero-order valence-corrected chi connectivity index (χ0v) is 13.5. The second-order valence-electron chi connectivity index (χ2n) is 5.68. The summed E-state index contributed by atoms with van der Waals surface area (Å²) < 4.78 is 0. The molecule has 1 aliphatic heterocycles. The van der Waals surface area contributed by atoms with Gasteiger partial charge in [0.25, 0.3) is 0 Å². The van der Waals surface area contributed by atoms with Crippen LogP contribution in [-0.4, -0.2) is 22.9 Å². The van der Waals surface area contributed by atoms with Crippen LogP contribution in [0.15, 0.2) is 24.3 Å². The van der Waals surface area contributed by atoms with Crippen LogP contribution in [0, 0.1) is 0 Å². The molecule has 4 heteroatoms. The van der Waals surface area contributed by atoms with Crippen molar-refractivity contribution in [2.45, 2.75) is 56.9 Å². The van der Waals surface area contributed by atoms with Crippen LogP contribution in [0.25, 0.3) is 0 Å². The molecular formula is C17H25NO2S. The molecular weight excluding hydrogens is 282 g/mol. The third kappa shape index (κ3) is 5.04. The van der Waals surface area contributed by atoms with Gasteiger partial charge in [-0.15, -0.1) is 11.8 Å². The molecule has 0 spiro atoms. The molecule has 2 N–H and O–H groups in total. The van der Waals surface area contributed by atoms with E-state index in [0.717, 1.165) is 6.42 Å². The Morgan fingerprint density at radius 1 is 1.24 bits per heavy atom. The third-order valence-electron chi connectivity index (χ3n) is 3.93. The maximum absolute atomic E-state index is 10.9. The Labute approximate surface area is 131 Å². The summed E-state index contributed by atoms with van der Waals surface area (Å²) >= 11 is 1.67. The van der Waals surface area contributed by atoms with Gasteiger partial charge in [0.15, 0.2) is 0 Å². The highest BCUT2D eigenvalue weighted by Crippen LogP contribution is 2.32. The van der Waals surface area contributed by atoms with Crippen LogP contribution in [0.1, 0.15) is 55.5 Å². The molecule has 0 radical (unpaired) electrons. The van der Waals surface area contributed by atoms with Gasteiger partial charge in [0.2, 0.25) is 0 Å². The highest BCUT2D eigenvalue weighted by molar-refractivity contribution is 7.99. The third-order valence-corrected chi connectivity index (χ3v) is 5.20. The van der Waals surface area contributed by atoms with Crippen molar-refractivity contribution in [3.8, 4) is 0 Å². The first-order chi connectivity index (χ1) is 10.2. The Hall–Kier alpha value is -1.00. The lowest BCUT2D eigenvalue weighted by atomic mass is 10.0. The first kappa shape index (κ1) is 16.4. The van der Waals surface area contributed by atoms with Crippen LogP contribution >= 0.6 is 11.8 Å². The predicted octanol–water partition coefficient (Wildman–Crippen LogP) is 3.99. The number of hydrogen-bond acceptors (Lipinski definition) is 3. The van der Waals surface area contributed by atoms with E-state index in [2.05, 4.69) is 36.5 Å². The van der Waals surface area contributed by atoms with Crippen LogP contribution in [0.5, 0.6) is 0 Å². The molecule has 1 aromatic rings. The Morgan fingerprint density at radius 2 is 1.95 bits per heavy atom. The lowest BCUT2D eigenvalue weighted by Crippen LogP contribution is -2.33. The molecule has 1 fully saturated rings. The number of unbranched alkanes of at least 4 members (excludes halogenated alkanes) is 4. The molecule has 0 aliphatic carbocycles. The van der Waals surface area contributed by atoms with Gasteiger partial charge in [-0.05, 0) is 24.0 Å². The number of aryl methyl sites for hydroxylation is 1. The summed E-state index contributed by atoms with van der Waals surface area (Å²) in [7, 11) is 0. The number of hydrogen-bond donors (Lipinski definition) is 2. The van der Waals surface area contributed by atoms with Gasteiger partial charge < -0.3 is 5.11 Å². The van der Waals surface area contributed by atoms with Gasteiger partial charge in [-0.3, -0.25) is 10.1 Å². The predicted molar refractivity (Wildman–Crippen MR) is 88.7 cm³/mol. The van der Waals surface area contributed by atoms with E-state index in [9.17, 15) is 4.79 Å². The molecule has 2 atom stereocenters. The standard InChI is InChI=1S/C17H25NO2S/c1-2-3-4-5-6-7-13-8-10-14(11-9-13)16-18-15(12-21-16)17(19)20/h8-11,15-16,18H,2-7,12H2,1H3,(H,19,20). The summed E-state index contributed by atoms with van der Waals surface area (Å²) in [5.41, 5.74) is 2.56. The molecule has 2 unspecified atom stereocenters. The van der Waals surface area contributed by atoms with E-state index >= 15 is 0 Å². The van der Waals surface area contributed by atoms with Gasteiger partial charge in [-0.2, -0.15) is 0 Å². The van der Waals surface area contributed by atoms with Crippen molar-refractivity contribution in [3.63, 3.8) is 0 Å². The molecule has 1 saturated heterocycles. The molecule has 1 aromatic carbocycles. The van der Waals surface area contributed by atoms with E-state index in [1.807, 2.05) is 0 Å². The van der Waals surface area contributed by atoms with Crippen molar-refractivity contribution in [1.29, 1.82) is 0 Å². The van der Waals surface area contributed by atoms with Crippen LogP contribution in [0.4, 0.5) is 0 Å². The summed E-state index contributed by atoms with van der Waals surface area (Å²) in [6, 6.07) is 8.22. The van der Waals surface area contributed by atoms with Crippen molar-refractivity contribution in [2.75, 3.05) is 5.75 Å². The van der Waals surface area contributed by atoms with Crippen molar-refractivity contribution < 1.29 is 9.90 Å². The fourth-order valence-corrected chi connectivity index (χ4v) is 3.83. The normalized spacial score (nSPS) is 21.6. The second kappa shape index (κ2) is 8.44. The van der Waals surface area contributed by atoms with Crippen LogP contribution in [0.2, 0.25) is 0 Å². The van der Waals surface area contributed by atoms with Gasteiger partial charge in [0.05, 0.1) is 5.37 Å². The van der Waals surface area contributed by atoms with E-state index < -0.39 is 12.0 Å². The summed E-state index contributed by atoms with van der Waals surface area (Å²) in [6.07, 6.45) is 7.69. The van der Waals surface area contributed by atoms with E-state index in [1.54, 1.807) is 11.8 Å². The number of thioether (sulfide) groups is 1. The molecule has 2 rings (SSSR count). The molecule has 0 amide bonds. The Bertz CT molecular complexity index is 447. The van der Waals surface area contributed by atoms with E-state index in [4.69, 9.17) is 5.11 Å². The number of carbonyl (C=O) groups is 1. The van der Waals surface area contributed by atoms with Gasteiger partial charge in [0, 0.05) is 5.75 Å². The molecule has 0 saturated carbocycles. The smallest absolute Gasteiger partial charge is 0.321 e. The number of carboxylic acid groups (broad SMARTS) is 1. The van der Waals surface area contributed by atoms with Crippen molar-refractivity contribution in [2.24, 2.45) is 0 Å². The summed E-state index contributed by atoms with van der Waals surface area (Å²) in [4.78, 5) is 10.9. The summed E-state index contributed by atoms with van der Waals surface area (Å²) in [6.45, 7) is 2.24. The van der Waals surface area contributed by atoms with E-state index in [1.165, 1.54) is 43.2 Å². The van der Waals surface area contributed by atoms with Crippen molar-refractivity contribution >= 4 is 17.7 Å². The maximum atomic E-state index is 10.9. The Balaban J connectivity index is 1.78. The maximum Gasteiger partial charge on any atom is 0.321 e. The van der Waals surface area contributed by atoms with Gasteiger partial charge >= 0.3 is 5.97 Å². The number of nitrogens with one attached hydrogen (secondary N) is 1. The SMILES string of the molecule is CCCCCCCc1ccc(C2NC(C(=O)O)CS2)cc1. The molecule has 0 bridgehead atoms. The number of aliphatic carboxylic acids is 1. The van der Waals surface area contributed by atoms with Crippen molar-refractivity contribution in [1.82, 2.24) is 5.32 Å². The quantitative estimate of drug-likeness (QED) is 0.713. The number of carboxylic acids is 1. The highest BCUT2D eigenvalue weighted by Gasteiger charge is 2.30. The first-order valence-electron chi connectivity index (χ1n) is 7.90. The Morgan fingerprint density at radius 3 is 2.57 bits per heavy atom. The van der Waals surface area contributed by atoms with E-state index in [0.29, 0.717) is 5.75 Å². The zero-order valence-electron chi connectivity index (χ0n) is 12.7. The van der Waals surface area contributed by atoms with Crippen LogP contribution < -0.4 is 5.32 Å². The molecule has 1 heterocycles. The average Bonchev–Trinajstić information content (AvgIpc) is 2.98. The minimum Gasteiger partial charge on any atom is -0.480 e. The second-order valence-corrected chi connectivity index (χ2v) is 6.81. The van der Waals surface area contributed by atoms with Crippen LogP contribution in [0.3, 0.4) is 0 Å². The Kier molecular flexibility index (Phi) is 6.58. The highest BCUT2D eigenvalue weighted by atomic mass is 32.2. The number of benzene rings is 1. The lowest BCUT2D eigenvalue weighted by molar-refractivity contribution is -0.138. The molecule has 21 heavy (non-hydrogen) atoms. The minimum absolute atomic E-state index is 0.115. The van der Waals surface area contributed by atoms with Gasteiger partial charge in [0.1, 0.15) is 6.04 Å². The van der Waals surface area contributed by atoms with Crippen LogP contribution in [-0.2, 0) is 11.2 Å².